The summed E-state index contributed by atoms with van der Waals surface area (Å²) in [7, 11) is 0. The van der Waals surface area contributed by atoms with Crippen molar-refractivity contribution in [1.29, 1.82) is 0 Å². The second-order valence-electron chi connectivity index (χ2n) is 6.24. The first-order valence-electron chi connectivity index (χ1n) is 7.01. The number of nitrogens with two attached hydrogens (primary N) is 1. The minimum absolute atomic E-state index is 0.257. The Morgan fingerprint density at radius 1 is 1.25 bits per heavy atom. The fourth-order valence-corrected chi connectivity index (χ4v) is 2.65. The van der Waals surface area contributed by atoms with Gasteiger partial charge in [-0.15, -0.1) is 0 Å². The zero-order valence-electron chi connectivity index (χ0n) is 12.5. The van der Waals surface area contributed by atoms with E-state index < -0.39 is 5.60 Å². The molecule has 4 nitrogen and oxygen atoms in total. The number of nitrogens with zero attached hydrogens (tertiary/aromatic N) is 2. The molecule has 1 aliphatic heterocycles. The monoisotopic (exact) mass is 281 g/mol. The Morgan fingerprint density at radius 3 is 2.40 bits per heavy atom. The van der Waals surface area contributed by atoms with Gasteiger partial charge in [0.1, 0.15) is 5.82 Å². The summed E-state index contributed by atoms with van der Waals surface area (Å²) in [5.74, 6) is -0.257. The summed E-state index contributed by atoms with van der Waals surface area (Å²) in [5.41, 5.74) is 7.27. The second kappa shape index (κ2) is 5.58. The van der Waals surface area contributed by atoms with Gasteiger partial charge < -0.3 is 15.7 Å². The predicted octanol–water partition coefficient (Wildman–Crippen LogP) is 1.61. The molecule has 5 heteroatoms. The molecule has 1 aromatic rings. The number of halogens is 1. The molecule has 0 amide bonds. The highest BCUT2D eigenvalue weighted by Crippen LogP contribution is 2.27. The van der Waals surface area contributed by atoms with Gasteiger partial charge >= 0.3 is 0 Å². The highest BCUT2D eigenvalue weighted by Gasteiger charge is 2.23. The topological polar surface area (TPSA) is 52.7 Å². The molecule has 1 aliphatic rings. The zero-order chi connectivity index (χ0) is 14.9. The Labute approximate surface area is 120 Å². The molecular formula is C15H24FN3O. The van der Waals surface area contributed by atoms with E-state index in [0.29, 0.717) is 17.8 Å². The fraction of sp³-hybridized carbons (Fsp3) is 0.600. The van der Waals surface area contributed by atoms with E-state index in [2.05, 4.69) is 9.80 Å². The van der Waals surface area contributed by atoms with Gasteiger partial charge in [-0.3, -0.25) is 4.90 Å². The summed E-state index contributed by atoms with van der Waals surface area (Å²) in [6.45, 7) is 9.49. The van der Waals surface area contributed by atoms with Crippen LogP contribution in [0.25, 0.3) is 0 Å². The maximum atomic E-state index is 13.4. The number of aliphatic hydroxyl groups is 1. The number of nitrogen functional groups attached to an aromatic ring is 1. The summed E-state index contributed by atoms with van der Waals surface area (Å²) in [4.78, 5) is 4.42. The van der Waals surface area contributed by atoms with Crippen molar-refractivity contribution in [2.45, 2.75) is 26.4 Å². The Kier molecular flexibility index (Phi) is 4.20. The molecule has 2 rings (SSSR count). The van der Waals surface area contributed by atoms with Crippen molar-refractivity contribution in [3.8, 4) is 0 Å². The summed E-state index contributed by atoms with van der Waals surface area (Å²) >= 11 is 0. The first-order chi connectivity index (χ1) is 9.26. The lowest BCUT2D eigenvalue weighted by molar-refractivity contribution is 0.0345. The van der Waals surface area contributed by atoms with Gasteiger partial charge in [-0.05, 0) is 38.5 Å². The van der Waals surface area contributed by atoms with Crippen molar-refractivity contribution in [2.24, 2.45) is 0 Å². The van der Waals surface area contributed by atoms with Gasteiger partial charge in [0, 0.05) is 32.7 Å². The first kappa shape index (κ1) is 15.1. The van der Waals surface area contributed by atoms with E-state index in [1.807, 2.05) is 19.9 Å². The third-order valence-electron chi connectivity index (χ3n) is 3.63. The van der Waals surface area contributed by atoms with Crippen LogP contribution in [-0.4, -0.2) is 48.3 Å². The maximum absolute atomic E-state index is 13.4. The highest BCUT2D eigenvalue weighted by molar-refractivity contribution is 5.69. The number of hydrogen-bond acceptors (Lipinski definition) is 4. The van der Waals surface area contributed by atoms with E-state index in [1.165, 1.54) is 6.07 Å². The highest BCUT2D eigenvalue weighted by atomic mass is 19.1. The number of aryl methyl sites for hydroxylation is 1. The van der Waals surface area contributed by atoms with E-state index in [-0.39, 0.29) is 5.82 Å². The molecule has 1 heterocycles. The lowest BCUT2D eigenvalue weighted by atomic mass is 10.1. The van der Waals surface area contributed by atoms with Crippen LogP contribution in [0.5, 0.6) is 0 Å². The smallest absolute Gasteiger partial charge is 0.128 e. The van der Waals surface area contributed by atoms with Crippen molar-refractivity contribution in [3.05, 3.63) is 23.5 Å². The lowest BCUT2D eigenvalue weighted by Crippen LogP contribution is -2.50. The molecule has 1 fully saturated rings. The van der Waals surface area contributed by atoms with Crippen molar-refractivity contribution >= 4 is 11.4 Å². The van der Waals surface area contributed by atoms with Gasteiger partial charge in [0.25, 0.3) is 0 Å². The molecule has 112 valence electrons. The zero-order valence-corrected chi connectivity index (χ0v) is 12.5. The van der Waals surface area contributed by atoms with Crippen molar-refractivity contribution in [1.82, 2.24) is 4.90 Å². The lowest BCUT2D eigenvalue weighted by Gasteiger charge is -2.38. The van der Waals surface area contributed by atoms with Crippen LogP contribution >= 0.6 is 0 Å². The van der Waals surface area contributed by atoms with E-state index in [0.717, 1.165) is 31.9 Å². The van der Waals surface area contributed by atoms with Gasteiger partial charge in [-0.2, -0.15) is 0 Å². The first-order valence-corrected chi connectivity index (χ1v) is 7.01. The van der Waals surface area contributed by atoms with Crippen LogP contribution in [0.15, 0.2) is 12.1 Å². The molecule has 0 spiro atoms. The molecule has 20 heavy (non-hydrogen) atoms. The van der Waals surface area contributed by atoms with Crippen molar-refractivity contribution < 1.29 is 9.50 Å². The Balaban J connectivity index is 2.02. The second-order valence-corrected chi connectivity index (χ2v) is 6.24. The van der Waals surface area contributed by atoms with Gasteiger partial charge in [0.15, 0.2) is 0 Å². The van der Waals surface area contributed by atoms with E-state index in [4.69, 9.17) is 5.73 Å². The Bertz CT molecular complexity index is 477. The third-order valence-corrected chi connectivity index (χ3v) is 3.63. The number of anilines is 2. The molecule has 1 aromatic carbocycles. The van der Waals surface area contributed by atoms with Gasteiger partial charge in [-0.1, -0.05) is 0 Å². The van der Waals surface area contributed by atoms with Crippen LogP contribution < -0.4 is 10.6 Å². The number of benzene rings is 1. The van der Waals surface area contributed by atoms with Crippen molar-refractivity contribution in [3.63, 3.8) is 0 Å². The van der Waals surface area contributed by atoms with Crippen LogP contribution in [0, 0.1) is 12.7 Å². The SMILES string of the molecule is Cc1cc(N2CCN(CC(C)(C)O)CC2)c(N)cc1F. The summed E-state index contributed by atoms with van der Waals surface area (Å²) in [6.07, 6.45) is 0. The maximum Gasteiger partial charge on any atom is 0.128 e. The molecule has 0 aromatic heterocycles. The Morgan fingerprint density at radius 2 is 1.85 bits per heavy atom. The van der Waals surface area contributed by atoms with E-state index >= 15 is 0 Å². The normalized spacial score (nSPS) is 17.6. The third kappa shape index (κ3) is 3.61. The average molecular weight is 281 g/mol. The van der Waals surface area contributed by atoms with Crippen LogP contribution in [0.4, 0.5) is 15.8 Å². The molecule has 0 radical (unpaired) electrons. The summed E-state index contributed by atoms with van der Waals surface area (Å²) in [5, 5.41) is 9.85. The molecule has 1 saturated heterocycles. The minimum atomic E-state index is -0.673. The quantitative estimate of drug-likeness (QED) is 0.827. The number of piperazine rings is 1. The van der Waals surface area contributed by atoms with E-state index in [9.17, 15) is 9.50 Å². The summed E-state index contributed by atoms with van der Waals surface area (Å²) in [6, 6.07) is 3.21. The number of rotatable bonds is 3. The van der Waals surface area contributed by atoms with Crippen LogP contribution in [0.3, 0.4) is 0 Å². The molecular weight excluding hydrogens is 257 g/mol. The van der Waals surface area contributed by atoms with Crippen LogP contribution in [-0.2, 0) is 0 Å². The fourth-order valence-electron chi connectivity index (χ4n) is 2.65. The molecule has 0 unspecified atom stereocenters. The van der Waals surface area contributed by atoms with Gasteiger partial charge in [0.2, 0.25) is 0 Å². The van der Waals surface area contributed by atoms with Crippen LogP contribution in [0.2, 0.25) is 0 Å². The average Bonchev–Trinajstić information content (AvgIpc) is 2.33. The number of hydrogen-bond donors (Lipinski definition) is 2. The van der Waals surface area contributed by atoms with Gasteiger partial charge in [-0.25, -0.2) is 4.39 Å². The summed E-state index contributed by atoms with van der Waals surface area (Å²) < 4.78 is 13.4. The Hall–Kier alpha value is -1.33. The standard InChI is InChI=1S/C15H24FN3O/c1-11-8-14(13(17)9-12(11)16)19-6-4-18(5-7-19)10-15(2,3)20/h8-9,20H,4-7,10,17H2,1-3H3. The molecule has 3 N–H and O–H groups in total. The predicted molar refractivity (Wildman–Crippen MR) is 80.5 cm³/mol. The van der Waals surface area contributed by atoms with Crippen LogP contribution in [0.1, 0.15) is 19.4 Å². The largest absolute Gasteiger partial charge is 0.397 e. The number of β-amino-alcohol motifs (C(OH)–C–C–N with tert-alkyl or cyclic N) is 1. The van der Waals surface area contributed by atoms with E-state index in [1.54, 1.807) is 6.92 Å². The molecule has 0 saturated carbocycles. The molecule has 0 atom stereocenters. The minimum Gasteiger partial charge on any atom is -0.397 e. The molecule has 0 aliphatic carbocycles. The van der Waals surface area contributed by atoms with Crippen molar-refractivity contribution in [2.75, 3.05) is 43.4 Å². The van der Waals surface area contributed by atoms with Gasteiger partial charge in [0.05, 0.1) is 17.0 Å². The molecule has 0 bridgehead atoms.